The van der Waals surface area contributed by atoms with E-state index < -0.39 is 5.41 Å². The number of aromatic nitrogens is 3. The molecule has 0 amide bonds. The molecule has 9 aromatic rings. The molecule has 2 aromatic heterocycles. The van der Waals surface area contributed by atoms with Gasteiger partial charge < -0.3 is 4.74 Å². The molecular formula is C53H35N3O. The van der Waals surface area contributed by atoms with Crippen LogP contribution in [0.5, 0.6) is 11.5 Å². The Hall–Kier alpha value is -7.43. The number of benzene rings is 7. The summed E-state index contributed by atoms with van der Waals surface area (Å²) in [7, 11) is 0. The van der Waals surface area contributed by atoms with Crippen LogP contribution in [0.2, 0.25) is 0 Å². The molecule has 7 aromatic carbocycles. The van der Waals surface area contributed by atoms with E-state index in [9.17, 15) is 0 Å². The maximum atomic E-state index is 7.06. The first-order valence-corrected chi connectivity index (χ1v) is 19.4. The summed E-state index contributed by atoms with van der Waals surface area (Å²) in [6.07, 6.45) is 1.85. The molecule has 1 spiro atoms. The molecule has 1 aliphatic heterocycles. The lowest BCUT2D eigenvalue weighted by molar-refractivity contribution is 0.438. The van der Waals surface area contributed by atoms with Crippen LogP contribution in [-0.4, -0.2) is 15.0 Å². The van der Waals surface area contributed by atoms with Crippen molar-refractivity contribution < 1.29 is 4.74 Å². The highest BCUT2D eigenvalue weighted by atomic mass is 16.5. The number of hydrogen-bond acceptors (Lipinski definition) is 4. The number of fused-ring (bicyclic) bond motifs is 9. The predicted octanol–water partition coefficient (Wildman–Crippen LogP) is 13.0. The Morgan fingerprint density at radius 1 is 0.421 bits per heavy atom. The van der Waals surface area contributed by atoms with Crippen LogP contribution in [0.15, 0.2) is 194 Å². The summed E-state index contributed by atoms with van der Waals surface area (Å²) in [4.78, 5) is 15.2. The SMILES string of the molecule is Cc1ncccc1-c1cccc(-c2cccc3c2Oc2ccccc2C32c3ccccc3-c3c(-c4nc(-c5ccccc5)cc(-c5ccccc5)n4)cccc32)c1. The van der Waals surface area contributed by atoms with Gasteiger partial charge in [0.25, 0.3) is 0 Å². The smallest absolute Gasteiger partial charge is 0.161 e. The average molecular weight is 730 g/mol. The lowest BCUT2D eigenvalue weighted by atomic mass is 9.65. The van der Waals surface area contributed by atoms with Crippen LogP contribution in [0.4, 0.5) is 0 Å². The van der Waals surface area contributed by atoms with Crippen LogP contribution in [0, 0.1) is 6.92 Å². The third kappa shape index (κ3) is 5.11. The quantitative estimate of drug-likeness (QED) is 0.177. The van der Waals surface area contributed by atoms with Gasteiger partial charge >= 0.3 is 0 Å². The van der Waals surface area contributed by atoms with E-state index in [1.54, 1.807) is 0 Å². The first kappa shape index (κ1) is 33.0. The summed E-state index contributed by atoms with van der Waals surface area (Å²) in [5.41, 5.74) is 16.5. The normalized spacial score (nSPS) is 14.6. The van der Waals surface area contributed by atoms with Gasteiger partial charge in [0.2, 0.25) is 0 Å². The Kier molecular flexibility index (Phi) is 7.58. The second-order valence-corrected chi connectivity index (χ2v) is 14.7. The molecule has 1 atom stereocenters. The molecule has 0 radical (unpaired) electrons. The molecule has 2 aliphatic rings. The summed E-state index contributed by atoms with van der Waals surface area (Å²) in [5.74, 6) is 2.40. The maximum absolute atomic E-state index is 7.06. The number of aryl methyl sites for hydroxylation is 1. The van der Waals surface area contributed by atoms with E-state index in [0.29, 0.717) is 5.82 Å². The fourth-order valence-corrected chi connectivity index (χ4v) is 9.11. The van der Waals surface area contributed by atoms with Crippen molar-refractivity contribution in [2.75, 3.05) is 0 Å². The minimum Gasteiger partial charge on any atom is -0.456 e. The number of hydrogen-bond donors (Lipinski definition) is 0. The highest BCUT2D eigenvalue weighted by Crippen LogP contribution is 2.64. The van der Waals surface area contributed by atoms with E-state index in [4.69, 9.17) is 14.7 Å². The highest BCUT2D eigenvalue weighted by molar-refractivity contribution is 5.96. The first-order chi connectivity index (χ1) is 28.2. The van der Waals surface area contributed by atoms with Gasteiger partial charge in [-0.3, -0.25) is 4.98 Å². The van der Waals surface area contributed by atoms with Crippen molar-refractivity contribution in [2.24, 2.45) is 0 Å². The van der Waals surface area contributed by atoms with Gasteiger partial charge in [0, 0.05) is 50.8 Å². The summed E-state index contributed by atoms with van der Waals surface area (Å²) in [6.45, 7) is 2.06. The molecule has 3 heterocycles. The van der Waals surface area contributed by atoms with Crippen LogP contribution in [0.1, 0.15) is 27.9 Å². The summed E-state index contributed by atoms with van der Waals surface area (Å²) in [5, 5.41) is 0. The van der Waals surface area contributed by atoms with Gasteiger partial charge in [-0.25, -0.2) is 9.97 Å². The number of para-hydroxylation sites is 2. The van der Waals surface area contributed by atoms with Gasteiger partial charge in [0.1, 0.15) is 11.5 Å². The molecular weight excluding hydrogens is 695 g/mol. The average Bonchev–Trinajstić information content (AvgIpc) is 3.58. The Morgan fingerprint density at radius 2 is 0.965 bits per heavy atom. The number of ether oxygens (including phenoxy) is 1. The molecule has 4 heteroatoms. The van der Waals surface area contributed by atoms with Gasteiger partial charge in [-0.05, 0) is 64.6 Å². The molecule has 0 bridgehead atoms. The zero-order chi connectivity index (χ0) is 37.9. The molecule has 0 N–H and O–H groups in total. The van der Waals surface area contributed by atoms with Crippen molar-refractivity contribution in [3.63, 3.8) is 0 Å². The third-order valence-corrected chi connectivity index (χ3v) is 11.6. The largest absolute Gasteiger partial charge is 0.456 e. The van der Waals surface area contributed by atoms with Crippen molar-refractivity contribution in [1.82, 2.24) is 15.0 Å². The number of nitrogens with zero attached hydrogens (tertiary/aromatic N) is 3. The lowest BCUT2D eigenvalue weighted by Crippen LogP contribution is -2.32. The fraction of sp³-hybridized carbons (Fsp3) is 0.0377. The van der Waals surface area contributed by atoms with Crippen molar-refractivity contribution in [3.8, 4) is 78.8 Å². The van der Waals surface area contributed by atoms with Crippen LogP contribution in [0.25, 0.3) is 67.3 Å². The maximum Gasteiger partial charge on any atom is 0.161 e. The molecule has 0 saturated heterocycles. The monoisotopic (exact) mass is 729 g/mol. The fourth-order valence-electron chi connectivity index (χ4n) is 9.11. The van der Waals surface area contributed by atoms with Gasteiger partial charge in [-0.2, -0.15) is 0 Å². The molecule has 1 aliphatic carbocycles. The van der Waals surface area contributed by atoms with Gasteiger partial charge in [-0.15, -0.1) is 0 Å². The zero-order valence-corrected chi connectivity index (χ0v) is 31.2. The van der Waals surface area contributed by atoms with E-state index in [-0.39, 0.29) is 0 Å². The Labute approximate surface area is 331 Å². The zero-order valence-electron chi connectivity index (χ0n) is 31.2. The van der Waals surface area contributed by atoms with E-state index in [1.165, 1.54) is 16.7 Å². The van der Waals surface area contributed by atoms with Crippen LogP contribution >= 0.6 is 0 Å². The Bertz CT molecular complexity index is 2950. The van der Waals surface area contributed by atoms with Crippen molar-refractivity contribution >= 4 is 0 Å². The molecule has 0 fully saturated rings. The topological polar surface area (TPSA) is 47.9 Å². The van der Waals surface area contributed by atoms with Crippen molar-refractivity contribution in [3.05, 3.63) is 222 Å². The van der Waals surface area contributed by atoms with Gasteiger partial charge in [-0.1, -0.05) is 164 Å². The number of rotatable bonds is 5. The molecule has 0 saturated carbocycles. The van der Waals surface area contributed by atoms with E-state index in [1.807, 2.05) is 24.4 Å². The summed E-state index contributed by atoms with van der Waals surface area (Å²) < 4.78 is 7.06. The summed E-state index contributed by atoms with van der Waals surface area (Å²) >= 11 is 0. The van der Waals surface area contributed by atoms with Crippen LogP contribution < -0.4 is 4.74 Å². The Morgan fingerprint density at radius 3 is 1.70 bits per heavy atom. The van der Waals surface area contributed by atoms with Gasteiger partial charge in [0.05, 0.1) is 16.8 Å². The van der Waals surface area contributed by atoms with Crippen molar-refractivity contribution in [1.29, 1.82) is 0 Å². The predicted molar refractivity (Wildman–Crippen MR) is 229 cm³/mol. The second kappa shape index (κ2) is 13.1. The van der Waals surface area contributed by atoms with Crippen LogP contribution in [0.3, 0.4) is 0 Å². The number of pyridine rings is 1. The molecule has 268 valence electrons. The second-order valence-electron chi connectivity index (χ2n) is 14.7. The minimum atomic E-state index is -0.668. The highest BCUT2D eigenvalue weighted by Gasteiger charge is 2.52. The molecule has 57 heavy (non-hydrogen) atoms. The molecule has 1 unspecified atom stereocenters. The standard InChI is InChI=1S/C53H35N3O/c1-34-39(25-15-31-54-34)37-20-12-21-38(32-37)40-23-13-29-46-51(40)57-49-30-11-10-27-44(49)53(46)43-26-9-8-22-41(43)50-42(24-14-28-45(50)53)52-55-47(35-16-4-2-5-17-35)33-48(56-52)36-18-6-3-7-19-36/h2-33H,1H3. The minimum absolute atomic E-state index is 0.668. The first-order valence-electron chi connectivity index (χ1n) is 19.4. The van der Waals surface area contributed by atoms with Crippen LogP contribution in [-0.2, 0) is 5.41 Å². The Balaban J connectivity index is 1.18. The third-order valence-electron chi connectivity index (χ3n) is 11.6. The molecule has 11 rings (SSSR count). The van der Waals surface area contributed by atoms with E-state index >= 15 is 0 Å². The van der Waals surface area contributed by atoms with Gasteiger partial charge in [0.15, 0.2) is 5.82 Å². The van der Waals surface area contributed by atoms with E-state index in [0.717, 1.165) is 84.2 Å². The summed E-state index contributed by atoms with van der Waals surface area (Å²) in [6, 6.07) is 66.4. The van der Waals surface area contributed by atoms with Crippen molar-refractivity contribution in [2.45, 2.75) is 12.3 Å². The molecule has 4 nitrogen and oxygen atoms in total. The lowest BCUT2D eigenvalue weighted by Gasteiger charge is -2.40. The van der Waals surface area contributed by atoms with E-state index in [2.05, 4.69) is 182 Å².